The van der Waals surface area contributed by atoms with Crippen molar-refractivity contribution in [2.45, 2.75) is 18.4 Å². The third-order valence-electron chi connectivity index (χ3n) is 5.32. The molecule has 2 aromatic rings. The first-order chi connectivity index (χ1) is 14.4. The number of Topliss-reactive ketones (excluding diaryl/α,β-unsaturated/α-hetero) is 1. The van der Waals surface area contributed by atoms with E-state index in [1.807, 2.05) is 42.5 Å². The molecule has 4 rings (SSSR count). The third-order valence-corrected chi connectivity index (χ3v) is 5.69. The maximum atomic E-state index is 12.1. The zero-order chi connectivity index (χ0) is 21.4. The average molecular weight is 425 g/mol. The predicted molar refractivity (Wildman–Crippen MR) is 115 cm³/mol. The average Bonchev–Trinajstić information content (AvgIpc) is 2.72. The molecule has 0 saturated heterocycles. The minimum absolute atomic E-state index is 0.0940. The van der Waals surface area contributed by atoms with Crippen LogP contribution in [0.2, 0.25) is 0 Å². The molecule has 0 saturated carbocycles. The molecule has 1 heterocycles. The lowest BCUT2D eigenvalue weighted by Gasteiger charge is -2.35. The highest BCUT2D eigenvalue weighted by atomic mass is 35.5. The zero-order valence-corrected chi connectivity index (χ0v) is 17.4. The van der Waals surface area contributed by atoms with Crippen LogP contribution in [0.25, 0.3) is 10.8 Å². The molecule has 2 aliphatic rings. The number of carbonyl (C=O) groups is 2. The standard InChI is InChI=1S/C23H21ClN2O4/c1-25-12-16-10-20(27)19(24)11-18(16)21(22(25)26(2)23(28)29)30-13-15-8-5-7-14-6-3-4-9-17(14)15/h3-9,11-12,19H,10,13H2,1-2H3,(H,28,29). The number of nitrogens with zero attached hydrogens (tertiary/aromatic N) is 2. The summed E-state index contributed by atoms with van der Waals surface area (Å²) < 4.78 is 6.24. The second-order valence-electron chi connectivity index (χ2n) is 7.31. The van der Waals surface area contributed by atoms with Gasteiger partial charge in [-0.05, 0) is 28.0 Å². The van der Waals surface area contributed by atoms with Gasteiger partial charge in [-0.2, -0.15) is 0 Å². The topological polar surface area (TPSA) is 70.1 Å². The van der Waals surface area contributed by atoms with E-state index >= 15 is 0 Å². The molecule has 1 unspecified atom stereocenters. The molecule has 0 bridgehead atoms. The molecule has 0 fully saturated rings. The molecule has 1 aliphatic carbocycles. The number of hydrogen-bond donors (Lipinski definition) is 1. The maximum absolute atomic E-state index is 12.1. The Bertz CT molecular complexity index is 1130. The summed E-state index contributed by atoms with van der Waals surface area (Å²) in [6.45, 7) is 0.243. The normalized spacial score (nSPS) is 18.7. The summed E-state index contributed by atoms with van der Waals surface area (Å²) in [7, 11) is 3.19. The summed E-state index contributed by atoms with van der Waals surface area (Å²) >= 11 is 6.20. The Morgan fingerprint density at radius 2 is 2.00 bits per heavy atom. The van der Waals surface area contributed by atoms with E-state index < -0.39 is 11.5 Å². The van der Waals surface area contributed by atoms with E-state index in [-0.39, 0.29) is 18.8 Å². The molecule has 0 aromatic heterocycles. The summed E-state index contributed by atoms with van der Waals surface area (Å²) in [5, 5.41) is 11.0. The van der Waals surface area contributed by atoms with E-state index in [0.717, 1.165) is 26.8 Å². The summed E-state index contributed by atoms with van der Waals surface area (Å²) in [6, 6.07) is 14.0. The molecular formula is C23H21ClN2O4. The van der Waals surface area contributed by atoms with Gasteiger partial charge in [0.2, 0.25) is 0 Å². The second kappa shape index (κ2) is 7.88. The quantitative estimate of drug-likeness (QED) is 0.733. The van der Waals surface area contributed by atoms with E-state index in [0.29, 0.717) is 17.2 Å². The lowest BCUT2D eigenvalue weighted by atomic mass is 9.89. The van der Waals surface area contributed by atoms with E-state index in [4.69, 9.17) is 16.3 Å². The summed E-state index contributed by atoms with van der Waals surface area (Å²) in [4.78, 5) is 26.6. The van der Waals surface area contributed by atoms with E-state index in [1.165, 1.54) is 7.05 Å². The van der Waals surface area contributed by atoms with Crippen molar-refractivity contribution in [1.82, 2.24) is 9.80 Å². The molecule has 1 N–H and O–H groups in total. The van der Waals surface area contributed by atoms with Crippen LogP contribution in [0.15, 0.2) is 77.5 Å². The number of amides is 1. The molecule has 6 nitrogen and oxygen atoms in total. The highest BCUT2D eigenvalue weighted by molar-refractivity contribution is 6.33. The number of alkyl halides is 1. The van der Waals surface area contributed by atoms with Crippen LogP contribution in [0, 0.1) is 0 Å². The predicted octanol–water partition coefficient (Wildman–Crippen LogP) is 4.47. The van der Waals surface area contributed by atoms with Gasteiger partial charge in [-0.15, -0.1) is 11.6 Å². The van der Waals surface area contributed by atoms with Gasteiger partial charge in [-0.25, -0.2) is 4.79 Å². The second-order valence-corrected chi connectivity index (χ2v) is 7.78. The number of halogens is 1. The van der Waals surface area contributed by atoms with Gasteiger partial charge < -0.3 is 14.7 Å². The molecule has 1 aliphatic heterocycles. The van der Waals surface area contributed by atoms with E-state index in [2.05, 4.69) is 0 Å². The van der Waals surface area contributed by atoms with Crippen LogP contribution in [0.5, 0.6) is 0 Å². The number of benzene rings is 2. The molecule has 7 heteroatoms. The Morgan fingerprint density at radius 3 is 2.77 bits per heavy atom. The summed E-state index contributed by atoms with van der Waals surface area (Å²) in [6.07, 6.45) is 2.46. The Kier molecular flexibility index (Phi) is 5.26. The van der Waals surface area contributed by atoms with Gasteiger partial charge in [-0.1, -0.05) is 42.5 Å². The van der Waals surface area contributed by atoms with Gasteiger partial charge in [0.1, 0.15) is 12.0 Å². The molecule has 154 valence electrons. The maximum Gasteiger partial charge on any atom is 0.412 e. The smallest absolute Gasteiger partial charge is 0.412 e. The highest BCUT2D eigenvalue weighted by Gasteiger charge is 2.34. The molecule has 0 spiro atoms. The number of carbonyl (C=O) groups excluding carboxylic acids is 1. The third kappa shape index (κ3) is 3.55. The lowest BCUT2D eigenvalue weighted by Crippen LogP contribution is -2.37. The Labute approximate surface area is 179 Å². The van der Waals surface area contributed by atoms with E-state index in [1.54, 1.807) is 24.2 Å². The first kappa shape index (κ1) is 20.0. The van der Waals surface area contributed by atoms with Gasteiger partial charge in [0.15, 0.2) is 17.4 Å². The van der Waals surface area contributed by atoms with Crippen LogP contribution in [-0.2, 0) is 16.1 Å². The SMILES string of the molecule is CN1C=C2CC(=O)C(Cl)C=C2C(OCc2cccc3ccccc23)=C1N(C)C(=O)O. The van der Waals surface area contributed by atoms with Gasteiger partial charge in [0.05, 0.1) is 0 Å². The number of carboxylic acid groups (broad SMARTS) is 1. The van der Waals surface area contributed by atoms with Crippen LogP contribution in [-0.4, -0.2) is 46.3 Å². The van der Waals surface area contributed by atoms with E-state index in [9.17, 15) is 14.7 Å². The number of rotatable bonds is 4. The Hall–Kier alpha value is -3.25. The fraction of sp³-hybridized carbons (Fsp3) is 0.217. The van der Waals surface area contributed by atoms with Crippen molar-refractivity contribution >= 4 is 34.2 Å². The zero-order valence-electron chi connectivity index (χ0n) is 16.6. The summed E-state index contributed by atoms with van der Waals surface area (Å²) in [5.74, 6) is 0.672. The summed E-state index contributed by atoms with van der Waals surface area (Å²) in [5.41, 5.74) is 2.40. The molecular weight excluding hydrogens is 404 g/mol. The number of ether oxygens (including phenoxy) is 1. The van der Waals surface area contributed by atoms with Gasteiger partial charge in [0.25, 0.3) is 0 Å². The molecule has 1 amide bonds. The van der Waals surface area contributed by atoms with Crippen molar-refractivity contribution in [3.05, 3.63) is 83.0 Å². The molecule has 1 atom stereocenters. The molecule has 30 heavy (non-hydrogen) atoms. The minimum Gasteiger partial charge on any atom is -0.484 e. The number of allylic oxidation sites excluding steroid dienone is 2. The Balaban J connectivity index is 1.77. The van der Waals surface area contributed by atoms with Crippen LogP contribution in [0.4, 0.5) is 4.79 Å². The van der Waals surface area contributed by atoms with Gasteiger partial charge in [0, 0.05) is 32.3 Å². The highest BCUT2D eigenvalue weighted by Crippen LogP contribution is 2.38. The van der Waals surface area contributed by atoms with Crippen molar-refractivity contribution < 1.29 is 19.4 Å². The lowest BCUT2D eigenvalue weighted by molar-refractivity contribution is -0.117. The first-order valence-corrected chi connectivity index (χ1v) is 9.93. The van der Waals surface area contributed by atoms with Crippen molar-refractivity contribution in [2.75, 3.05) is 14.1 Å². The van der Waals surface area contributed by atoms with Crippen LogP contribution >= 0.6 is 11.6 Å². The number of ketones is 1. The van der Waals surface area contributed by atoms with Crippen molar-refractivity contribution in [3.8, 4) is 0 Å². The van der Waals surface area contributed by atoms with Crippen molar-refractivity contribution in [3.63, 3.8) is 0 Å². The number of fused-ring (bicyclic) bond motifs is 2. The Morgan fingerprint density at radius 1 is 1.27 bits per heavy atom. The fourth-order valence-electron chi connectivity index (χ4n) is 3.83. The van der Waals surface area contributed by atoms with Crippen LogP contribution < -0.4 is 0 Å². The first-order valence-electron chi connectivity index (χ1n) is 9.50. The molecule has 0 radical (unpaired) electrons. The molecule has 2 aromatic carbocycles. The monoisotopic (exact) mass is 424 g/mol. The largest absolute Gasteiger partial charge is 0.484 e. The van der Waals surface area contributed by atoms with Crippen LogP contribution in [0.3, 0.4) is 0 Å². The van der Waals surface area contributed by atoms with Crippen LogP contribution in [0.1, 0.15) is 12.0 Å². The fourth-order valence-corrected chi connectivity index (χ4v) is 4.03. The van der Waals surface area contributed by atoms with Crippen molar-refractivity contribution in [1.29, 1.82) is 0 Å². The van der Waals surface area contributed by atoms with Gasteiger partial charge in [-0.3, -0.25) is 9.69 Å². The van der Waals surface area contributed by atoms with Crippen molar-refractivity contribution in [2.24, 2.45) is 0 Å². The van der Waals surface area contributed by atoms with Gasteiger partial charge >= 0.3 is 6.09 Å². The minimum atomic E-state index is -1.12. The number of hydrogen-bond acceptors (Lipinski definition) is 4.